The fraction of sp³-hybridized carbons (Fsp3) is 0.379. The van der Waals surface area contributed by atoms with Gasteiger partial charge >= 0.3 is 0 Å². The van der Waals surface area contributed by atoms with Crippen molar-refractivity contribution in [1.29, 1.82) is 0 Å². The van der Waals surface area contributed by atoms with Crippen molar-refractivity contribution < 1.29 is 14.2 Å². The number of aromatic hydroxyl groups is 1. The molecule has 4 N–H and O–H groups in total. The van der Waals surface area contributed by atoms with Gasteiger partial charge in [0.25, 0.3) is 5.56 Å². The number of aromatic amines is 1. The van der Waals surface area contributed by atoms with Crippen molar-refractivity contribution >= 4 is 0 Å². The van der Waals surface area contributed by atoms with E-state index in [0.717, 1.165) is 42.9 Å². The van der Waals surface area contributed by atoms with E-state index in [4.69, 9.17) is 4.74 Å². The number of halogens is 1. The Kier molecular flexibility index (Phi) is 9.44. The van der Waals surface area contributed by atoms with Crippen LogP contribution in [0.25, 0.3) is 0 Å². The zero-order chi connectivity index (χ0) is 26.0. The minimum atomic E-state index is -0.577. The second-order valence-electron chi connectivity index (χ2n) is 9.40. The molecule has 2 unspecified atom stereocenters. The summed E-state index contributed by atoms with van der Waals surface area (Å²) in [6.07, 6.45) is 2.67. The third-order valence-corrected chi connectivity index (χ3v) is 6.50. The maximum absolute atomic E-state index is 13.0. The summed E-state index contributed by atoms with van der Waals surface area (Å²) in [5.41, 5.74) is 3.74. The molecule has 4 rings (SSSR count). The standard InChI is InChI=1S/C29H33FN4O3/c1-20(15-30)31-17-25(14-27-28(35)29(36)34-19-33-27)24-10-8-22(9-11-24)3-2-21-4-6-23(7-5-21)16-32-26-12-13-37-18-26/h4-11,19-20,25-26,31-32,35H,12-18H2,1H3,(H,33,34,36)/t20?,25?,26-/m0/s1. The number of benzene rings is 2. The maximum Gasteiger partial charge on any atom is 0.293 e. The molecule has 194 valence electrons. The van der Waals surface area contributed by atoms with Gasteiger partial charge in [-0.1, -0.05) is 36.1 Å². The van der Waals surface area contributed by atoms with Gasteiger partial charge in [-0.05, 0) is 48.7 Å². The molecule has 0 bridgehead atoms. The lowest BCUT2D eigenvalue weighted by Gasteiger charge is -2.20. The van der Waals surface area contributed by atoms with Crippen LogP contribution in [0.2, 0.25) is 0 Å². The van der Waals surface area contributed by atoms with Crippen LogP contribution in [-0.4, -0.2) is 53.6 Å². The van der Waals surface area contributed by atoms with Crippen molar-refractivity contribution in [2.75, 3.05) is 26.4 Å². The van der Waals surface area contributed by atoms with Gasteiger partial charge in [-0.15, -0.1) is 0 Å². The van der Waals surface area contributed by atoms with E-state index in [0.29, 0.717) is 24.7 Å². The molecule has 1 fully saturated rings. The van der Waals surface area contributed by atoms with Crippen LogP contribution in [0.3, 0.4) is 0 Å². The largest absolute Gasteiger partial charge is 0.502 e. The van der Waals surface area contributed by atoms with Crippen LogP contribution < -0.4 is 16.2 Å². The molecule has 0 amide bonds. The molecular formula is C29H33FN4O3. The van der Waals surface area contributed by atoms with Crippen LogP contribution in [0.1, 0.15) is 47.2 Å². The number of rotatable bonds is 10. The molecule has 1 saturated heterocycles. The predicted molar refractivity (Wildman–Crippen MR) is 141 cm³/mol. The first-order valence-electron chi connectivity index (χ1n) is 12.6. The first kappa shape index (κ1) is 26.6. The van der Waals surface area contributed by atoms with Crippen LogP contribution in [0.5, 0.6) is 5.75 Å². The van der Waals surface area contributed by atoms with Crippen molar-refractivity contribution in [2.45, 2.75) is 44.3 Å². The van der Waals surface area contributed by atoms with Crippen molar-refractivity contribution in [3.05, 3.63) is 93.2 Å². The number of nitrogens with zero attached hydrogens (tertiary/aromatic N) is 1. The average molecular weight is 505 g/mol. The Morgan fingerprint density at radius 3 is 2.51 bits per heavy atom. The summed E-state index contributed by atoms with van der Waals surface area (Å²) in [6, 6.07) is 16.2. The van der Waals surface area contributed by atoms with Crippen LogP contribution >= 0.6 is 0 Å². The Bertz CT molecular complexity index is 1260. The summed E-state index contributed by atoms with van der Waals surface area (Å²) < 4.78 is 18.4. The molecule has 0 saturated carbocycles. The van der Waals surface area contributed by atoms with Gasteiger partial charge in [-0.2, -0.15) is 0 Å². The highest BCUT2D eigenvalue weighted by molar-refractivity contribution is 5.44. The van der Waals surface area contributed by atoms with Crippen LogP contribution in [-0.2, 0) is 17.7 Å². The van der Waals surface area contributed by atoms with Gasteiger partial charge < -0.3 is 25.5 Å². The van der Waals surface area contributed by atoms with Crippen molar-refractivity contribution in [2.24, 2.45) is 0 Å². The molecule has 1 aromatic heterocycles. The minimum absolute atomic E-state index is 0.117. The van der Waals surface area contributed by atoms with Gasteiger partial charge in [0.05, 0.1) is 18.6 Å². The molecule has 8 heteroatoms. The third kappa shape index (κ3) is 7.73. The molecule has 2 aromatic carbocycles. The third-order valence-electron chi connectivity index (χ3n) is 6.50. The fourth-order valence-electron chi connectivity index (χ4n) is 4.16. The average Bonchev–Trinajstić information content (AvgIpc) is 3.45. The molecule has 1 aliphatic heterocycles. The lowest BCUT2D eigenvalue weighted by molar-refractivity contribution is 0.190. The van der Waals surface area contributed by atoms with E-state index in [1.807, 2.05) is 36.4 Å². The quantitative estimate of drug-likeness (QED) is 0.317. The Labute approximate surface area is 216 Å². The Balaban J connectivity index is 1.41. The summed E-state index contributed by atoms with van der Waals surface area (Å²) in [5, 5.41) is 16.8. The highest BCUT2D eigenvalue weighted by Crippen LogP contribution is 2.23. The lowest BCUT2D eigenvalue weighted by Crippen LogP contribution is -2.32. The fourth-order valence-corrected chi connectivity index (χ4v) is 4.16. The van der Waals surface area contributed by atoms with Gasteiger partial charge in [0, 0.05) is 55.2 Å². The van der Waals surface area contributed by atoms with Gasteiger partial charge in [-0.25, -0.2) is 9.37 Å². The SMILES string of the molecule is CC(CF)NCC(Cc1nc[nH]c(=O)c1O)c1ccc(C#Cc2ccc(CN[C@H]3CCOC3)cc2)cc1. The molecule has 0 radical (unpaired) electrons. The van der Waals surface area contributed by atoms with Gasteiger partial charge in [-0.3, -0.25) is 4.79 Å². The second kappa shape index (κ2) is 13.2. The number of ether oxygens (including phenoxy) is 1. The van der Waals surface area contributed by atoms with Crippen molar-refractivity contribution in [3.63, 3.8) is 0 Å². The second-order valence-corrected chi connectivity index (χ2v) is 9.40. The van der Waals surface area contributed by atoms with Crippen molar-refractivity contribution in [1.82, 2.24) is 20.6 Å². The number of hydrogen-bond donors (Lipinski definition) is 4. The predicted octanol–water partition coefficient (Wildman–Crippen LogP) is 3.03. The number of nitrogens with one attached hydrogen (secondary N) is 3. The van der Waals surface area contributed by atoms with Crippen LogP contribution in [0.4, 0.5) is 4.39 Å². The van der Waals surface area contributed by atoms with E-state index < -0.39 is 12.2 Å². The van der Waals surface area contributed by atoms with Crippen LogP contribution in [0.15, 0.2) is 59.7 Å². The zero-order valence-corrected chi connectivity index (χ0v) is 21.0. The first-order chi connectivity index (χ1) is 18.0. The van der Waals surface area contributed by atoms with E-state index in [9.17, 15) is 14.3 Å². The Hall–Kier alpha value is -3.51. The van der Waals surface area contributed by atoms with E-state index in [1.165, 1.54) is 11.9 Å². The highest BCUT2D eigenvalue weighted by atomic mass is 19.1. The molecular weight excluding hydrogens is 471 g/mol. The topological polar surface area (TPSA) is 99.3 Å². The van der Waals surface area contributed by atoms with E-state index in [1.54, 1.807) is 6.92 Å². The van der Waals surface area contributed by atoms with Gasteiger partial charge in [0.2, 0.25) is 5.75 Å². The van der Waals surface area contributed by atoms with E-state index in [2.05, 4.69) is 44.6 Å². The van der Waals surface area contributed by atoms with Gasteiger partial charge in [0.1, 0.15) is 6.67 Å². The molecule has 2 heterocycles. The summed E-state index contributed by atoms with van der Waals surface area (Å²) in [6.45, 7) is 4.18. The Morgan fingerprint density at radius 1 is 1.16 bits per heavy atom. The first-order valence-corrected chi connectivity index (χ1v) is 12.6. The zero-order valence-electron chi connectivity index (χ0n) is 21.0. The number of aromatic nitrogens is 2. The van der Waals surface area contributed by atoms with Gasteiger partial charge in [0.15, 0.2) is 0 Å². The Morgan fingerprint density at radius 2 is 1.86 bits per heavy atom. The minimum Gasteiger partial charge on any atom is -0.502 e. The smallest absolute Gasteiger partial charge is 0.293 e. The summed E-state index contributed by atoms with van der Waals surface area (Å²) >= 11 is 0. The molecule has 1 aliphatic rings. The molecule has 3 aromatic rings. The number of hydrogen-bond acceptors (Lipinski definition) is 6. The lowest BCUT2D eigenvalue weighted by atomic mass is 9.92. The number of alkyl halides is 1. The molecule has 3 atom stereocenters. The molecule has 37 heavy (non-hydrogen) atoms. The highest BCUT2D eigenvalue weighted by Gasteiger charge is 2.18. The molecule has 7 nitrogen and oxygen atoms in total. The van der Waals surface area contributed by atoms with Crippen LogP contribution in [0, 0.1) is 11.8 Å². The molecule has 0 aliphatic carbocycles. The monoisotopic (exact) mass is 504 g/mol. The summed E-state index contributed by atoms with van der Waals surface area (Å²) in [4.78, 5) is 18.3. The summed E-state index contributed by atoms with van der Waals surface area (Å²) in [7, 11) is 0. The van der Waals surface area contributed by atoms with E-state index in [-0.39, 0.29) is 17.7 Å². The number of H-pyrrole nitrogens is 1. The summed E-state index contributed by atoms with van der Waals surface area (Å²) in [5.74, 6) is 5.91. The van der Waals surface area contributed by atoms with Crippen molar-refractivity contribution in [3.8, 4) is 17.6 Å². The molecule has 0 spiro atoms. The maximum atomic E-state index is 13.0. The van der Waals surface area contributed by atoms with E-state index >= 15 is 0 Å². The normalized spacial score (nSPS) is 16.6.